The molecule has 7 heteroatoms. The molecule has 1 aromatic rings. The molecular formula is C13H17N3O4. The van der Waals surface area contributed by atoms with E-state index in [0.717, 1.165) is 0 Å². The zero-order valence-corrected chi connectivity index (χ0v) is 11.4. The van der Waals surface area contributed by atoms with Crippen LogP contribution in [0.25, 0.3) is 0 Å². The van der Waals surface area contributed by atoms with Gasteiger partial charge in [0.25, 0.3) is 0 Å². The van der Waals surface area contributed by atoms with E-state index in [1.807, 2.05) is 0 Å². The number of ether oxygens (including phenoxy) is 1. The van der Waals surface area contributed by atoms with Gasteiger partial charge in [-0.15, -0.1) is 0 Å². The fourth-order valence-corrected chi connectivity index (χ4v) is 1.37. The van der Waals surface area contributed by atoms with Gasteiger partial charge in [0.2, 0.25) is 5.91 Å². The van der Waals surface area contributed by atoms with Crippen molar-refractivity contribution in [1.82, 2.24) is 5.32 Å². The quantitative estimate of drug-likeness (QED) is 0.535. The van der Waals surface area contributed by atoms with Gasteiger partial charge in [0, 0.05) is 32.0 Å². The normalized spacial score (nSPS) is 9.70. The molecule has 1 aromatic carbocycles. The fraction of sp³-hybridized carbons (Fsp3) is 0.308. The maximum absolute atomic E-state index is 11.5. The lowest BCUT2D eigenvalue weighted by atomic mass is 10.2. The Kier molecular flexibility index (Phi) is 6.18. The molecule has 3 N–H and O–H groups in total. The predicted molar refractivity (Wildman–Crippen MR) is 74.3 cm³/mol. The molecule has 0 heterocycles. The second-order valence-electron chi connectivity index (χ2n) is 3.96. The van der Waals surface area contributed by atoms with Crippen molar-refractivity contribution in [2.45, 2.75) is 6.92 Å². The highest BCUT2D eigenvalue weighted by atomic mass is 16.5. The van der Waals surface area contributed by atoms with Gasteiger partial charge in [-0.3, -0.25) is 14.4 Å². The van der Waals surface area contributed by atoms with Crippen LogP contribution in [0.2, 0.25) is 0 Å². The van der Waals surface area contributed by atoms with Gasteiger partial charge in [-0.05, 0) is 24.3 Å². The summed E-state index contributed by atoms with van der Waals surface area (Å²) in [6.07, 6.45) is 0. The third-order valence-electron chi connectivity index (χ3n) is 2.26. The van der Waals surface area contributed by atoms with Crippen LogP contribution in [0, 0.1) is 0 Å². The van der Waals surface area contributed by atoms with E-state index in [0.29, 0.717) is 18.0 Å². The number of carbonyl (C=O) groups is 3. The Labute approximate surface area is 116 Å². The number of hydrogen-bond donors (Lipinski definition) is 3. The summed E-state index contributed by atoms with van der Waals surface area (Å²) in [5, 5.41) is 7.45. The Morgan fingerprint density at radius 3 is 2.05 bits per heavy atom. The van der Waals surface area contributed by atoms with E-state index in [4.69, 9.17) is 4.74 Å². The third kappa shape index (κ3) is 5.49. The average Bonchev–Trinajstić information content (AvgIpc) is 2.40. The highest BCUT2D eigenvalue weighted by molar-refractivity contribution is 6.39. The van der Waals surface area contributed by atoms with E-state index < -0.39 is 11.8 Å². The van der Waals surface area contributed by atoms with Crippen LogP contribution < -0.4 is 16.0 Å². The first-order chi connectivity index (χ1) is 9.52. The van der Waals surface area contributed by atoms with Crippen LogP contribution in [-0.4, -0.2) is 38.0 Å². The summed E-state index contributed by atoms with van der Waals surface area (Å²) in [7, 11) is 1.50. The van der Waals surface area contributed by atoms with E-state index >= 15 is 0 Å². The molecule has 0 aliphatic carbocycles. The summed E-state index contributed by atoms with van der Waals surface area (Å²) in [6.45, 7) is 2.01. The summed E-state index contributed by atoms with van der Waals surface area (Å²) >= 11 is 0. The first-order valence-electron chi connectivity index (χ1n) is 5.98. The number of nitrogens with one attached hydrogen (secondary N) is 3. The zero-order chi connectivity index (χ0) is 15.0. The summed E-state index contributed by atoms with van der Waals surface area (Å²) in [5.41, 5.74) is 1.08. The van der Waals surface area contributed by atoms with Crippen molar-refractivity contribution in [3.05, 3.63) is 24.3 Å². The summed E-state index contributed by atoms with van der Waals surface area (Å²) in [5.74, 6) is -1.67. The predicted octanol–water partition coefficient (Wildman–Crippen LogP) is 0.346. The van der Waals surface area contributed by atoms with E-state index in [-0.39, 0.29) is 12.5 Å². The number of anilines is 2. The maximum Gasteiger partial charge on any atom is 0.313 e. The largest absolute Gasteiger partial charge is 0.383 e. The number of methoxy groups -OCH3 is 1. The van der Waals surface area contributed by atoms with Crippen molar-refractivity contribution in [3.63, 3.8) is 0 Å². The molecule has 0 bridgehead atoms. The standard InChI is InChI=1S/C13H17N3O4/c1-9(17)15-10-3-5-11(6-4-10)16-13(19)12(18)14-7-8-20-2/h3-6H,7-8H2,1-2H3,(H,14,18)(H,15,17)(H,16,19). The van der Waals surface area contributed by atoms with Gasteiger partial charge in [-0.1, -0.05) is 0 Å². The second kappa shape index (κ2) is 7.90. The molecule has 20 heavy (non-hydrogen) atoms. The van der Waals surface area contributed by atoms with Crippen molar-refractivity contribution in [3.8, 4) is 0 Å². The first kappa shape index (κ1) is 15.6. The highest BCUT2D eigenvalue weighted by Crippen LogP contribution is 2.13. The first-order valence-corrected chi connectivity index (χ1v) is 5.98. The van der Waals surface area contributed by atoms with Crippen LogP contribution in [0.4, 0.5) is 11.4 Å². The van der Waals surface area contributed by atoms with E-state index in [9.17, 15) is 14.4 Å². The summed E-state index contributed by atoms with van der Waals surface area (Å²) in [6, 6.07) is 6.43. The number of benzene rings is 1. The van der Waals surface area contributed by atoms with Crippen LogP contribution in [0.3, 0.4) is 0 Å². The second-order valence-corrected chi connectivity index (χ2v) is 3.96. The minimum atomic E-state index is -0.756. The Balaban J connectivity index is 2.49. The Morgan fingerprint density at radius 2 is 1.55 bits per heavy atom. The number of hydrogen-bond acceptors (Lipinski definition) is 4. The van der Waals surface area contributed by atoms with E-state index in [1.165, 1.54) is 14.0 Å². The van der Waals surface area contributed by atoms with Crippen molar-refractivity contribution in [2.24, 2.45) is 0 Å². The molecule has 0 radical (unpaired) electrons. The van der Waals surface area contributed by atoms with Gasteiger partial charge in [-0.2, -0.15) is 0 Å². The fourth-order valence-electron chi connectivity index (χ4n) is 1.37. The van der Waals surface area contributed by atoms with Crippen LogP contribution in [0.1, 0.15) is 6.92 Å². The lowest BCUT2D eigenvalue weighted by Crippen LogP contribution is -2.37. The number of carbonyl (C=O) groups excluding carboxylic acids is 3. The monoisotopic (exact) mass is 279 g/mol. The molecule has 0 spiro atoms. The van der Waals surface area contributed by atoms with Crippen LogP contribution in [-0.2, 0) is 19.1 Å². The van der Waals surface area contributed by atoms with Gasteiger partial charge in [0.15, 0.2) is 0 Å². The molecule has 1 rings (SSSR count). The molecule has 0 saturated carbocycles. The maximum atomic E-state index is 11.5. The van der Waals surface area contributed by atoms with Crippen LogP contribution in [0.15, 0.2) is 24.3 Å². The molecule has 0 aliphatic heterocycles. The van der Waals surface area contributed by atoms with Crippen molar-refractivity contribution >= 4 is 29.1 Å². The molecular weight excluding hydrogens is 262 g/mol. The molecule has 0 unspecified atom stereocenters. The highest BCUT2D eigenvalue weighted by Gasteiger charge is 2.12. The lowest BCUT2D eigenvalue weighted by Gasteiger charge is -2.07. The Morgan fingerprint density at radius 1 is 1.00 bits per heavy atom. The van der Waals surface area contributed by atoms with Gasteiger partial charge >= 0.3 is 11.8 Å². The smallest absolute Gasteiger partial charge is 0.313 e. The minimum Gasteiger partial charge on any atom is -0.383 e. The molecule has 0 fully saturated rings. The lowest BCUT2D eigenvalue weighted by molar-refractivity contribution is -0.136. The summed E-state index contributed by atoms with van der Waals surface area (Å²) in [4.78, 5) is 33.8. The van der Waals surface area contributed by atoms with Crippen LogP contribution >= 0.6 is 0 Å². The molecule has 0 atom stereocenters. The third-order valence-corrected chi connectivity index (χ3v) is 2.26. The number of amides is 3. The topological polar surface area (TPSA) is 96.5 Å². The molecule has 0 saturated heterocycles. The summed E-state index contributed by atoms with van der Waals surface area (Å²) < 4.78 is 4.75. The van der Waals surface area contributed by atoms with Gasteiger partial charge in [0.05, 0.1) is 6.61 Å². The van der Waals surface area contributed by atoms with Crippen molar-refractivity contribution in [2.75, 3.05) is 30.9 Å². The van der Waals surface area contributed by atoms with Crippen molar-refractivity contribution in [1.29, 1.82) is 0 Å². The average molecular weight is 279 g/mol. The van der Waals surface area contributed by atoms with E-state index in [2.05, 4.69) is 16.0 Å². The van der Waals surface area contributed by atoms with Gasteiger partial charge in [-0.25, -0.2) is 0 Å². The van der Waals surface area contributed by atoms with Gasteiger partial charge < -0.3 is 20.7 Å². The molecule has 108 valence electrons. The molecule has 0 aliphatic rings. The van der Waals surface area contributed by atoms with Crippen molar-refractivity contribution < 1.29 is 19.1 Å². The molecule has 3 amide bonds. The number of rotatable bonds is 5. The van der Waals surface area contributed by atoms with Gasteiger partial charge in [0.1, 0.15) is 0 Å². The molecule has 7 nitrogen and oxygen atoms in total. The Hall–Kier alpha value is -2.41. The zero-order valence-electron chi connectivity index (χ0n) is 11.4. The Bertz CT molecular complexity index is 485. The SMILES string of the molecule is COCCNC(=O)C(=O)Nc1ccc(NC(C)=O)cc1. The van der Waals surface area contributed by atoms with E-state index in [1.54, 1.807) is 24.3 Å². The minimum absolute atomic E-state index is 0.181. The molecule has 0 aromatic heterocycles. The van der Waals surface area contributed by atoms with Crippen LogP contribution in [0.5, 0.6) is 0 Å².